The van der Waals surface area contributed by atoms with Gasteiger partial charge in [0.25, 0.3) is 0 Å². The lowest BCUT2D eigenvalue weighted by Gasteiger charge is -2.36. The van der Waals surface area contributed by atoms with Gasteiger partial charge in [-0.1, -0.05) is 62.4 Å². The van der Waals surface area contributed by atoms with Crippen molar-refractivity contribution in [3.8, 4) is 17.5 Å². The molecule has 0 saturated carbocycles. The normalized spacial score (nSPS) is 13.8. The number of aryl methyl sites for hydroxylation is 2. The van der Waals surface area contributed by atoms with E-state index in [9.17, 15) is 9.59 Å². The summed E-state index contributed by atoms with van der Waals surface area (Å²) in [5, 5.41) is 10.7. The Balaban J connectivity index is 1.20. The molecule has 5 rings (SSSR count). The van der Waals surface area contributed by atoms with Crippen LogP contribution in [0.3, 0.4) is 0 Å². The summed E-state index contributed by atoms with van der Waals surface area (Å²) in [6.07, 6.45) is 1.28. The van der Waals surface area contributed by atoms with Crippen LogP contribution in [0, 0.1) is 25.7 Å². The lowest BCUT2D eigenvalue weighted by Crippen LogP contribution is -2.48. The molecule has 9 nitrogen and oxygen atoms in total. The van der Waals surface area contributed by atoms with Gasteiger partial charge in [0.05, 0.1) is 18.1 Å². The maximum atomic E-state index is 13.1. The lowest BCUT2D eigenvalue weighted by atomic mass is 9.92. The van der Waals surface area contributed by atoms with Crippen LogP contribution < -0.4 is 15.5 Å². The van der Waals surface area contributed by atoms with Crippen LogP contribution in [-0.2, 0) is 16.8 Å². The quantitative estimate of drug-likeness (QED) is 0.203. The molecular formula is C39H47N7O2. The van der Waals surface area contributed by atoms with E-state index in [0.29, 0.717) is 37.7 Å². The number of aromatic nitrogens is 2. The second-order valence-electron chi connectivity index (χ2n) is 13.8. The molecule has 0 aliphatic carbocycles. The van der Waals surface area contributed by atoms with Gasteiger partial charge in [-0.25, -0.2) is 9.48 Å². The summed E-state index contributed by atoms with van der Waals surface area (Å²) in [6.45, 7) is 13.2. The average molecular weight is 646 g/mol. The van der Waals surface area contributed by atoms with E-state index in [4.69, 9.17) is 5.10 Å². The van der Waals surface area contributed by atoms with E-state index in [2.05, 4.69) is 59.1 Å². The predicted molar refractivity (Wildman–Crippen MR) is 195 cm³/mol. The minimum atomic E-state index is -0.345. The number of nitrogens with one attached hydrogen (secondary N) is 2. The minimum absolute atomic E-state index is 0.128. The van der Waals surface area contributed by atoms with Crippen LogP contribution in [0.1, 0.15) is 61.6 Å². The maximum absolute atomic E-state index is 13.1. The third kappa shape index (κ3) is 8.91. The van der Waals surface area contributed by atoms with Crippen molar-refractivity contribution in [1.29, 1.82) is 0 Å². The van der Waals surface area contributed by atoms with Crippen LogP contribution in [0.2, 0.25) is 0 Å². The molecule has 3 aromatic carbocycles. The zero-order chi connectivity index (χ0) is 34.4. The highest BCUT2D eigenvalue weighted by Crippen LogP contribution is 2.28. The van der Waals surface area contributed by atoms with Gasteiger partial charge < -0.3 is 10.2 Å². The van der Waals surface area contributed by atoms with Crippen LogP contribution in [0.25, 0.3) is 5.69 Å². The van der Waals surface area contributed by atoms with E-state index in [1.54, 1.807) is 4.68 Å². The van der Waals surface area contributed by atoms with E-state index < -0.39 is 0 Å². The summed E-state index contributed by atoms with van der Waals surface area (Å²) in [5.74, 6) is 7.20. The van der Waals surface area contributed by atoms with Crippen LogP contribution in [0.4, 0.5) is 22.0 Å². The molecule has 1 aliphatic heterocycles. The first-order valence-corrected chi connectivity index (χ1v) is 16.5. The Morgan fingerprint density at radius 3 is 2.35 bits per heavy atom. The molecule has 1 fully saturated rings. The van der Waals surface area contributed by atoms with Crippen LogP contribution in [0.15, 0.2) is 72.8 Å². The van der Waals surface area contributed by atoms with E-state index >= 15 is 0 Å². The van der Waals surface area contributed by atoms with Gasteiger partial charge in [-0.05, 0) is 81.5 Å². The molecule has 2 heterocycles. The number of hydrogen-bond acceptors (Lipinski definition) is 5. The molecule has 1 saturated heterocycles. The highest BCUT2D eigenvalue weighted by atomic mass is 16.2. The molecule has 1 aliphatic rings. The molecule has 48 heavy (non-hydrogen) atoms. The molecule has 0 bridgehead atoms. The van der Waals surface area contributed by atoms with Crippen molar-refractivity contribution >= 4 is 29.1 Å². The van der Waals surface area contributed by atoms with Gasteiger partial charge in [0, 0.05) is 60.9 Å². The van der Waals surface area contributed by atoms with E-state index in [0.717, 1.165) is 52.3 Å². The zero-order valence-electron chi connectivity index (χ0n) is 29.2. The van der Waals surface area contributed by atoms with Crippen molar-refractivity contribution in [3.05, 3.63) is 101 Å². The van der Waals surface area contributed by atoms with Gasteiger partial charge in [0.15, 0.2) is 0 Å². The Kier molecular flexibility index (Phi) is 10.7. The second kappa shape index (κ2) is 14.9. The molecule has 2 N–H and O–H groups in total. The Morgan fingerprint density at radius 1 is 0.958 bits per heavy atom. The summed E-state index contributed by atoms with van der Waals surface area (Å²) in [7, 11) is 4.09. The van der Waals surface area contributed by atoms with Gasteiger partial charge >= 0.3 is 6.03 Å². The molecule has 0 atom stereocenters. The molecule has 0 radical (unpaired) electrons. The second-order valence-corrected chi connectivity index (χ2v) is 13.8. The first-order valence-electron chi connectivity index (χ1n) is 16.5. The molecule has 9 heteroatoms. The number of carbonyl (C=O) groups excluding carboxylic acids is 2. The Hall–Kier alpha value is -4.91. The smallest absolute Gasteiger partial charge is 0.308 e. The highest BCUT2D eigenvalue weighted by Gasteiger charge is 2.26. The summed E-state index contributed by atoms with van der Waals surface area (Å²) in [6, 6.07) is 23.5. The standard InChI is InChI=1S/C39H47N7O2/c1-28-11-18-33(19-12-28)46-36(25-35(42-46)39(3,4)5)41-38(48)40-32-16-13-31(14-17-32)26-44-23-21-37(47)45(27-44)34-20-15-30(24-29(34)2)10-8-9-22-43(6)7/h11-20,24-25H,9,21-23,26-27H2,1-7H3,(H2,40,41,48). The fraction of sp³-hybridized carbons (Fsp3) is 0.359. The van der Waals surface area contributed by atoms with Crippen molar-refractivity contribution in [1.82, 2.24) is 19.6 Å². The van der Waals surface area contributed by atoms with Crippen LogP contribution in [-0.4, -0.2) is 65.4 Å². The molecule has 1 aromatic heterocycles. The van der Waals surface area contributed by atoms with Crippen molar-refractivity contribution < 1.29 is 9.59 Å². The van der Waals surface area contributed by atoms with E-state index in [-0.39, 0.29) is 17.4 Å². The predicted octanol–water partition coefficient (Wildman–Crippen LogP) is 6.93. The van der Waals surface area contributed by atoms with Gasteiger partial charge in [-0.2, -0.15) is 5.10 Å². The Bertz CT molecular complexity index is 1810. The van der Waals surface area contributed by atoms with Crippen molar-refractivity contribution in [3.63, 3.8) is 0 Å². The number of hydrogen-bond donors (Lipinski definition) is 2. The molecule has 3 amide bonds. The fourth-order valence-corrected chi connectivity index (χ4v) is 5.51. The van der Waals surface area contributed by atoms with Crippen LogP contribution in [0.5, 0.6) is 0 Å². The Labute approximate surface area is 284 Å². The van der Waals surface area contributed by atoms with Crippen molar-refractivity contribution in [2.24, 2.45) is 0 Å². The minimum Gasteiger partial charge on any atom is -0.308 e. The van der Waals surface area contributed by atoms with Gasteiger partial charge in [-0.3, -0.25) is 19.9 Å². The summed E-state index contributed by atoms with van der Waals surface area (Å²) >= 11 is 0. The molecule has 250 valence electrons. The number of urea groups is 1. The van der Waals surface area contributed by atoms with Gasteiger partial charge in [0.1, 0.15) is 5.82 Å². The number of carbonyl (C=O) groups is 2. The van der Waals surface area contributed by atoms with E-state index in [1.165, 1.54) is 0 Å². The average Bonchev–Trinajstić information content (AvgIpc) is 3.46. The highest BCUT2D eigenvalue weighted by molar-refractivity contribution is 5.99. The maximum Gasteiger partial charge on any atom is 0.324 e. The number of nitrogens with zero attached hydrogens (tertiary/aromatic N) is 5. The topological polar surface area (TPSA) is 85.7 Å². The summed E-state index contributed by atoms with van der Waals surface area (Å²) < 4.78 is 1.77. The number of rotatable bonds is 8. The first-order chi connectivity index (χ1) is 22.9. The first kappa shape index (κ1) is 34.4. The number of amides is 3. The van der Waals surface area contributed by atoms with Crippen molar-refractivity contribution in [2.75, 3.05) is 49.4 Å². The zero-order valence-corrected chi connectivity index (χ0v) is 29.2. The van der Waals surface area contributed by atoms with Gasteiger partial charge in [-0.15, -0.1) is 0 Å². The van der Waals surface area contributed by atoms with Crippen molar-refractivity contribution in [2.45, 2.75) is 59.4 Å². The van der Waals surface area contributed by atoms with Gasteiger partial charge in [0.2, 0.25) is 5.91 Å². The summed E-state index contributed by atoms with van der Waals surface area (Å²) in [5.41, 5.74) is 7.44. The lowest BCUT2D eigenvalue weighted by molar-refractivity contribution is -0.121. The molecule has 0 spiro atoms. The van der Waals surface area contributed by atoms with Crippen LogP contribution >= 0.6 is 0 Å². The fourth-order valence-electron chi connectivity index (χ4n) is 5.51. The third-order valence-corrected chi connectivity index (χ3v) is 8.30. The van der Waals surface area contributed by atoms with E-state index in [1.807, 2.05) is 99.6 Å². The SMILES string of the molecule is Cc1ccc(-n2nc(C(C)(C)C)cc2NC(=O)Nc2ccc(CN3CCC(=O)N(c4ccc(C#CCCN(C)C)cc4C)C3)cc2)cc1. The molecular weight excluding hydrogens is 598 g/mol. The molecule has 4 aromatic rings. The summed E-state index contributed by atoms with van der Waals surface area (Å²) in [4.78, 5) is 32.3. The third-order valence-electron chi connectivity index (χ3n) is 8.30. The molecule has 0 unspecified atom stereocenters. The largest absolute Gasteiger partial charge is 0.324 e. The number of anilines is 3. The number of benzene rings is 3. The Morgan fingerprint density at radius 2 is 1.69 bits per heavy atom. The monoisotopic (exact) mass is 645 g/mol.